The Morgan fingerprint density at radius 3 is 2.58 bits per heavy atom. The highest BCUT2D eigenvalue weighted by Crippen LogP contribution is 2.31. The maximum atomic E-state index is 12.8. The van der Waals surface area contributed by atoms with Gasteiger partial charge < -0.3 is 5.11 Å². The molecule has 1 N–H and O–H groups in total. The van der Waals surface area contributed by atoms with Gasteiger partial charge in [0.1, 0.15) is 0 Å². The van der Waals surface area contributed by atoms with E-state index in [0.29, 0.717) is 11.6 Å². The van der Waals surface area contributed by atoms with Gasteiger partial charge in [0.25, 0.3) is 5.91 Å². The number of carbonyl (C=O) groups is 3. The largest absolute Gasteiger partial charge is 0.478 e. The number of carbonyl (C=O) groups excluding carboxylic acids is 2. The first-order chi connectivity index (χ1) is 12.4. The lowest BCUT2D eigenvalue weighted by Crippen LogP contribution is -2.42. The molecule has 6 nitrogen and oxygen atoms in total. The van der Waals surface area contributed by atoms with Gasteiger partial charge in [0, 0.05) is 6.54 Å². The number of anilines is 1. The Labute approximate surface area is 153 Å². The van der Waals surface area contributed by atoms with Crippen molar-refractivity contribution in [2.45, 2.75) is 45.1 Å². The molecule has 2 fully saturated rings. The summed E-state index contributed by atoms with van der Waals surface area (Å²) in [5.41, 5.74) is 0.401. The number of likely N-dealkylation sites (N-methyl/N-ethyl adjacent to an activating group) is 1. The van der Waals surface area contributed by atoms with Gasteiger partial charge in [-0.2, -0.15) is 0 Å². The van der Waals surface area contributed by atoms with Gasteiger partial charge in [-0.3, -0.25) is 14.5 Å². The van der Waals surface area contributed by atoms with Crippen molar-refractivity contribution in [3.8, 4) is 0 Å². The molecule has 0 bridgehead atoms. The zero-order chi connectivity index (χ0) is 18.8. The van der Waals surface area contributed by atoms with Crippen LogP contribution in [-0.4, -0.2) is 47.4 Å². The van der Waals surface area contributed by atoms with Gasteiger partial charge >= 0.3 is 5.97 Å². The predicted molar refractivity (Wildman–Crippen MR) is 98.1 cm³/mol. The van der Waals surface area contributed by atoms with Crippen molar-refractivity contribution in [2.24, 2.45) is 11.8 Å². The molecule has 1 aromatic rings. The van der Waals surface area contributed by atoms with E-state index in [-0.39, 0.29) is 23.8 Å². The second kappa shape index (κ2) is 7.58. The van der Waals surface area contributed by atoms with E-state index in [4.69, 9.17) is 5.11 Å². The van der Waals surface area contributed by atoms with Crippen molar-refractivity contribution in [1.82, 2.24) is 4.90 Å². The SMILES string of the molecule is CC1CCC(CN(C)[C@@H]2CC(=O)N(c3cccc(C(=O)O)c3)C2=O)CC1. The van der Waals surface area contributed by atoms with Crippen molar-refractivity contribution in [3.05, 3.63) is 29.8 Å². The molecule has 0 radical (unpaired) electrons. The molecule has 2 amide bonds. The number of hydrogen-bond donors (Lipinski definition) is 1. The second-order valence-electron chi connectivity index (χ2n) is 7.71. The van der Waals surface area contributed by atoms with Crippen LogP contribution >= 0.6 is 0 Å². The van der Waals surface area contributed by atoms with Gasteiger partial charge in [-0.25, -0.2) is 9.69 Å². The third-order valence-corrected chi connectivity index (χ3v) is 5.69. The van der Waals surface area contributed by atoms with Crippen molar-refractivity contribution < 1.29 is 19.5 Å². The Balaban J connectivity index is 1.70. The highest BCUT2D eigenvalue weighted by Gasteiger charge is 2.42. The minimum absolute atomic E-state index is 0.0660. The Hall–Kier alpha value is -2.21. The first-order valence-corrected chi connectivity index (χ1v) is 9.27. The molecule has 0 unspecified atom stereocenters. The van der Waals surface area contributed by atoms with Gasteiger partial charge in [0.15, 0.2) is 0 Å². The summed E-state index contributed by atoms with van der Waals surface area (Å²) in [6.07, 6.45) is 4.94. The molecular formula is C20H26N2O4. The van der Waals surface area contributed by atoms with E-state index >= 15 is 0 Å². The zero-order valence-corrected chi connectivity index (χ0v) is 15.4. The molecule has 2 aliphatic rings. The topological polar surface area (TPSA) is 77.9 Å². The lowest BCUT2D eigenvalue weighted by atomic mass is 9.82. The first kappa shape index (κ1) is 18.6. The van der Waals surface area contributed by atoms with Crippen LogP contribution in [0.25, 0.3) is 0 Å². The van der Waals surface area contributed by atoms with E-state index in [1.807, 2.05) is 11.9 Å². The quantitative estimate of drug-likeness (QED) is 0.819. The number of amides is 2. The number of hydrogen-bond acceptors (Lipinski definition) is 4. The van der Waals surface area contributed by atoms with Crippen LogP contribution in [0.3, 0.4) is 0 Å². The molecule has 1 atom stereocenters. The molecule has 0 spiro atoms. The smallest absolute Gasteiger partial charge is 0.335 e. The molecule has 6 heteroatoms. The van der Waals surface area contributed by atoms with E-state index in [0.717, 1.165) is 17.4 Å². The number of rotatable bonds is 5. The second-order valence-corrected chi connectivity index (χ2v) is 7.71. The van der Waals surface area contributed by atoms with Crippen molar-refractivity contribution in [1.29, 1.82) is 0 Å². The number of carboxylic acids is 1. The Kier molecular flexibility index (Phi) is 5.41. The minimum Gasteiger partial charge on any atom is -0.478 e. The van der Waals surface area contributed by atoms with Gasteiger partial charge in [0.05, 0.1) is 23.7 Å². The summed E-state index contributed by atoms with van der Waals surface area (Å²) in [5, 5.41) is 9.13. The third-order valence-electron chi connectivity index (χ3n) is 5.69. The van der Waals surface area contributed by atoms with Gasteiger partial charge in [0.2, 0.25) is 5.91 Å². The van der Waals surface area contributed by atoms with Crippen LogP contribution in [0.2, 0.25) is 0 Å². The third kappa shape index (κ3) is 3.80. The van der Waals surface area contributed by atoms with Crippen molar-refractivity contribution >= 4 is 23.5 Å². The molecule has 3 rings (SSSR count). The van der Waals surface area contributed by atoms with E-state index in [1.165, 1.54) is 37.8 Å². The number of carboxylic acid groups (broad SMARTS) is 1. The van der Waals surface area contributed by atoms with Crippen LogP contribution in [0, 0.1) is 11.8 Å². The molecule has 1 saturated carbocycles. The van der Waals surface area contributed by atoms with Crippen molar-refractivity contribution in [2.75, 3.05) is 18.5 Å². The first-order valence-electron chi connectivity index (χ1n) is 9.27. The van der Waals surface area contributed by atoms with E-state index < -0.39 is 12.0 Å². The van der Waals surface area contributed by atoms with Crippen LogP contribution in [0.15, 0.2) is 24.3 Å². The molecule has 0 aromatic heterocycles. The summed E-state index contributed by atoms with van der Waals surface area (Å²) in [6, 6.07) is 5.52. The highest BCUT2D eigenvalue weighted by atomic mass is 16.4. The number of imide groups is 1. The Morgan fingerprint density at radius 2 is 1.92 bits per heavy atom. The summed E-state index contributed by atoms with van der Waals surface area (Å²) >= 11 is 0. The fraction of sp³-hybridized carbons (Fsp3) is 0.550. The van der Waals surface area contributed by atoms with E-state index in [2.05, 4.69) is 6.92 Å². The summed E-state index contributed by atoms with van der Waals surface area (Å²) in [4.78, 5) is 39.6. The number of benzene rings is 1. The lowest BCUT2D eigenvalue weighted by molar-refractivity contribution is -0.122. The van der Waals surface area contributed by atoms with Gasteiger partial charge in [-0.1, -0.05) is 25.8 Å². The summed E-state index contributed by atoms with van der Waals surface area (Å²) in [7, 11) is 1.91. The standard InChI is InChI=1S/C20H26N2O4/c1-13-6-8-14(9-7-13)12-21(2)17-11-18(23)22(19(17)24)16-5-3-4-15(10-16)20(25)26/h3-5,10,13-14,17H,6-9,11-12H2,1-2H3,(H,25,26)/t13?,14?,17-/m1/s1. The highest BCUT2D eigenvalue weighted by molar-refractivity contribution is 6.22. The maximum Gasteiger partial charge on any atom is 0.335 e. The predicted octanol–water partition coefficient (Wildman–Crippen LogP) is 2.77. The summed E-state index contributed by atoms with van der Waals surface area (Å²) < 4.78 is 0. The molecule has 1 saturated heterocycles. The molecule has 1 aromatic carbocycles. The molecule has 1 aliphatic carbocycles. The Morgan fingerprint density at radius 1 is 1.23 bits per heavy atom. The van der Waals surface area contributed by atoms with Crippen molar-refractivity contribution in [3.63, 3.8) is 0 Å². The molecular weight excluding hydrogens is 332 g/mol. The Bertz CT molecular complexity index is 710. The maximum absolute atomic E-state index is 12.8. The average molecular weight is 358 g/mol. The van der Waals surface area contributed by atoms with Gasteiger partial charge in [-0.05, 0) is 49.9 Å². The fourth-order valence-electron chi connectivity index (χ4n) is 4.06. The van der Waals surface area contributed by atoms with Crippen LogP contribution in [-0.2, 0) is 9.59 Å². The normalized spacial score (nSPS) is 26.6. The fourth-order valence-corrected chi connectivity index (χ4v) is 4.06. The van der Waals surface area contributed by atoms with E-state index in [9.17, 15) is 14.4 Å². The lowest BCUT2D eigenvalue weighted by Gasteiger charge is -2.31. The van der Waals surface area contributed by atoms with Crippen LogP contribution in [0.4, 0.5) is 5.69 Å². The zero-order valence-electron chi connectivity index (χ0n) is 15.4. The van der Waals surface area contributed by atoms with Crippen LogP contribution in [0.1, 0.15) is 49.4 Å². The number of aromatic carboxylic acids is 1. The number of nitrogens with zero attached hydrogens (tertiary/aromatic N) is 2. The minimum atomic E-state index is -1.08. The molecule has 26 heavy (non-hydrogen) atoms. The van der Waals surface area contributed by atoms with Crippen LogP contribution in [0.5, 0.6) is 0 Å². The monoisotopic (exact) mass is 358 g/mol. The summed E-state index contributed by atoms with van der Waals surface area (Å²) in [5.74, 6) is -0.256. The summed E-state index contributed by atoms with van der Waals surface area (Å²) in [6.45, 7) is 3.10. The molecule has 1 aliphatic heterocycles. The van der Waals surface area contributed by atoms with E-state index in [1.54, 1.807) is 12.1 Å². The molecule has 140 valence electrons. The average Bonchev–Trinajstić information content (AvgIpc) is 2.91. The van der Waals surface area contributed by atoms with Crippen LogP contribution < -0.4 is 4.90 Å². The molecule has 1 heterocycles. The van der Waals surface area contributed by atoms with Gasteiger partial charge in [-0.15, -0.1) is 0 Å².